The summed E-state index contributed by atoms with van der Waals surface area (Å²) >= 11 is 0. The van der Waals surface area contributed by atoms with Crippen LogP contribution in [0.1, 0.15) is 40.0 Å². The zero-order chi connectivity index (χ0) is 17.0. The first kappa shape index (κ1) is 16.8. The van der Waals surface area contributed by atoms with Gasteiger partial charge in [0, 0.05) is 18.5 Å². The molecule has 3 heterocycles. The molecular weight excluding hydrogens is 308 g/mol. The van der Waals surface area contributed by atoms with E-state index in [1.165, 1.54) is 6.42 Å². The Kier molecular flexibility index (Phi) is 4.35. The molecule has 136 valence electrons. The van der Waals surface area contributed by atoms with Crippen LogP contribution in [0.15, 0.2) is 0 Å². The summed E-state index contributed by atoms with van der Waals surface area (Å²) in [6.45, 7) is 6.94. The summed E-state index contributed by atoms with van der Waals surface area (Å²) in [5.74, 6) is 1.89. The second kappa shape index (κ2) is 6.24. The lowest BCUT2D eigenvalue weighted by molar-refractivity contribution is -0.193. The van der Waals surface area contributed by atoms with Crippen molar-refractivity contribution in [1.82, 2.24) is 10.4 Å². The highest BCUT2D eigenvalue weighted by Gasteiger charge is 2.61. The Morgan fingerprint density at radius 1 is 1.38 bits per heavy atom. The number of hydrogen-bond donors (Lipinski definition) is 2. The molecule has 1 saturated carbocycles. The lowest BCUT2D eigenvalue weighted by atomic mass is 9.62. The number of aliphatic hydroxyl groups excluding tert-OH is 1. The maximum Gasteiger partial charge on any atom is 0.248 e. The zero-order valence-corrected chi connectivity index (χ0v) is 14.9. The molecule has 0 spiro atoms. The van der Waals surface area contributed by atoms with Gasteiger partial charge < -0.3 is 14.7 Å². The molecule has 9 atom stereocenters. The van der Waals surface area contributed by atoms with Gasteiger partial charge in [-0.05, 0) is 37.5 Å². The van der Waals surface area contributed by atoms with Crippen LogP contribution in [0, 0.1) is 23.7 Å². The van der Waals surface area contributed by atoms with E-state index in [-0.39, 0.29) is 30.2 Å². The van der Waals surface area contributed by atoms with Crippen LogP contribution >= 0.6 is 0 Å². The predicted molar refractivity (Wildman–Crippen MR) is 87.9 cm³/mol. The van der Waals surface area contributed by atoms with Crippen molar-refractivity contribution in [2.75, 3.05) is 13.2 Å². The SMILES string of the molecule is CCC(C)C1CC2OC2C2NOC3CC(C)N(C(=O)CO)CC3C12. The number of likely N-dealkylation sites (tertiary alicyclic amines) is 1. The van der Waals surface area contributed by atoms with Crippen LogP contribution in [0.4, 0.5) is 0 Å². The molecule has 0 aromatic rings. The van der Waals surface area contributed by atoms with E-state index in [0.717, 1.165) is 12.8 Å². The van der Waals surface area contributed by atoms with E-state index < -0.39 is 6.61 Å². The van der Waals surface area contributed by atoms with Crippen molar-refractivity contribution in [3.05, 3.63) is 0 Å². The minimum absolute atomic E-state index is 0.111. The van der Waals surface area contributed by atoms with Crippen molar-refractivity contribution in [3.8, 4) is 0 Å². The second-order valence-corrected chi connectivity index (χ2v) is 8.25. The number of epoxide rings is 1. The molecule has 0 bridgehead atoms. The fourth-order valence-corrected chi connectivity index (χ4v) is 5.49. The molecule has 4 aliphatic rings. The summed E-state index contributed by atoms with van der Waals surface area (Å²) in [4.78, 5) is 20.0. The van der Waals surface area contributed by atoms with E-state index >= 15 is 0 Å². The van der Waals surface area contributed by atoms with E-state index in [9.17, 15) is 9.90 Å². The maximum atomic E-state index is 12.2. The third-order valence-corrected chi connectivity index (χ3v) is 7.06. The van der Waals surface area contributed by atoms with Crippen LogP contribution in [0.2, 0.25) is 0 Å². The Morgan fingerprint density at radius 3 is 2.88 bits per heavy atom. The number of amides is 1. The van der Waals surface area contributed by atoms with Crippen LogP contribution in [-0.4, -0.2) is 59.5 Å². The standard InChI is InChI=1S/C18H30N2O4/c1-4-9(2)11-6-14-18(23-14)17-16(11)12-7-20(15(22)8-21)10(3)5-13(12)24-19-17/h9-14,16-19,21H,4-8H2,1-3H3. The quantitative estimate of drug-likeness (QED) is 0.749. The van der Waals surface area contributed by atoms with Crippen molar-refractivity contribution in [2.45, 2.75) is 70.4 Å². The molecule has 1 amide bonds. The fourth-order valence-electron chi connectivity index (χ4n) is 5.49. The molecule has 4 fully saturated rings. The van der Waals surface area contributed by atoms with Gasteiger partial charge in [0.15, 0.2) is 0 Å². The van der Waals surface area contributed by atoms with E-state index in [1.807, 2.05) is 11.8 Å². The van der Waals surface area contributed by atoms with Crippen LogP contribution < -0.4 is 5.48 Å². The summed E-state index contributed by atoms with van der Waals surface area (Å²) in [5, 5.41) is 9.31. The Labute approximate surface area is 143 Å². The van der Waals surface area contributed by atoms with Crippen molar-refractivity contribution in [1.29, 1.82) is 0 Å². The Bertz CT molecular complexity index is 501. The molecule has 6 heteroatoms. The van der Waals surface area contributed by atoms with Crippen molar-refractivity contribution >= 4 is 5.91 Å². The van der Waals surface area contributed by atoms with Gasteiger partial charge in [-0.15, -0.1) is 0 Å². The average Bonchev–Trinajstić information content (AvgIpc) is 3.38. The monoisotopic (exact) mass is 338 g/mol. The van der Waals surface area contributed by atoms with Gasteiger partial charge in [0.1, 0.15) is 12.7 Å². The smallest absolute Gasteiger partial charge is 0.248 e. The van der Waals surface area contributed by atoms with E-state index in [2.05, 4.69) is 19.3 Å². The average molecular weight is 338 g/mol. The first-order chi connectivity index (χ1) is 11.5. The fraction of sp³-hybridized carbons (Fsp3) is 0.944. The van der Waals surface area contributed by atoms with Gasteiger partial charge in [0.05, 0.1) is 18.2 Å². The van der Waals surface area contributed by atoms with Gasteiger partial charge in [0.2, 0.25) is 5.91 Å². The number of carbonyl (C=O) groups excluding carboxylic acids is 1. The van der Waals surface area contributed by atoms with Gasteiger partial charge >= 0.3 is 0 Å². The van der Waals surface area contributed by atoms with Crippen LogP contribution in [0.5, 0.6) is 0 Å². The van der Waals surface area contributed by atoms with E-state index in [0.29, 0.717) is 36.3 Å². The Balaban J connectivity index is 1.60. The number of fused-ring (bicyclic) bond motifs is 5. The summed E-state index contributed by atoms with van der Waals surface area (Å²) < 4.78 is 5.91. The number of piperidine rings is 1. The number of ether oxygens (including phenoxy) is 1. The number of hydroxylamine groups is 1. The largest absolute Gasteiger partial charge is 0.387 e. The molecular formula is C18H30N2O4. The molecule has 0 aromatic carbocycles. The summed E-state index contributed by atoms with van der Waals surface area (Å²) in [6, 6.07) is 0.350. The van der Waals surface area contributed by atoms with Gasteiger partial charge in [-0.3, -0.25) is 9.63 Å². The first-order valence-electron chi connectivity index (χ1n) is 9.52. The van der Waals surface area contributed by atoms with Gasteiger partial charge in [0.25, 0.3) is 0 Å². The van der Waals surface area contributed by atoms with Gasteiger partial charge in [-0.2, -0.15) is 5.48 Å². The lowest BCUT2D eigenvalue weighted by Crippen LogP contribution is -2.65. The molecule has 24 heavy (non-hydrogen) atoms. The third-order valence-electron chi connectivity index (χ3n) is 7.06. The summed E-state index contributed by atoms with van der Waals surface area (Å²) in [5.41, 5.74) is 3.32. The lowest BCUT2D eigenvalue weighted by Gasteiger charge is -2.54. The molecule has 2 N–H and O–H groups in total. The number of carbonyl (C=O) groups is 1. The normalized spacial score (nSPS) is 48.1. The maximum absolute atomic E-state index is 12.2. The topological polar surface area (TPSA) is 74.3 Å². The Morgan fingerprint density at radius 2 is 2.17 bits per heavy atom. The third kappa shape index (κ3) is 2.59. The Hall–Kier alpha value is -0.690. The van der Waals surface area contributed by atoms with Crippen LogP contribution in [-0.2, 0) is 14.4 Å². The second-order valence-electron chi connectivity index (χ2n) is 8.25. The highest BCUT2D eigenvalue weighted by atomic mass is 16.7. The predicted octanol–water partition coefficient (Wildman–Crippen LogP) is 0.937. The highest BCUT2D eigenvalue weighted by molar-refractivity contribution is 5.77. The minimum Gasteiger partial charge on any atom is -0.387 e. The van der Waals surface area contributed by atoms with Gasteiger partial charge in [-0.25, -0.2) is 0 Å². The minimum atomic E-state index is -0.405. The van der Waals surface area contributed by atoms with Crippen LogP contribution in [0.3, 0.4) is 0 Å². The molecule has 0 radical (unpaired) electrons. The number of aliphatic hydroxyl groups is 1. The van der Waals surface area contributed by atoms with Crippen molar-refractivity contribution in [2.24, 2.45) is 23.7 Å². The van der Waals surface area contributed by atoms with Crippen LogP contribution in [0.25, 0.3) is 0 Å². The van der Waals surface area contributed by atoms with Crippen molar-refractivity contribution < 1.29 is 19.5 Å². The first-order valence-corrected chi connectivity index (χ1v) is 9.52. The number of hydrogen-bond acceptors (Lipinski definition) is 5. The number of nitrogens with zero attached hydrogens (tertiary/aromatic N) is 1. The number of rotatable bonds is 3. The highest BCUT2D eigenvalue weighted by Crippen LogP contribution is 2.52. The van der Waals surface area contributed by atoms with E-state index in [1.54, 1.807) is 0 Å². The molecule has 9 unspecified atom stereocenters. The molecule has 4 rings (SSSR count). The molecule has 1 aliphatic carbocycles. The molecule has 3 aliphatic heterocycles. The molecule has 0 aromatic heterocycles. The van der Waals surface area contributed by atoms with Crippen molar-refractivity contribution in [3.63, 3.8) is 0 Å². The molecule has 6 nitrogen and oxygen atoms in total. The summed E-state index contributed by atoms with van der Waals surface area (Å²) in [6.07, 6.45) is 3.93. The number of nitrogens with one attached hydrogen (secondary N) is 1. The van der Waals surface area contributed by atoms with Gasteiger partial charge in [-0.1, -0.05) is 20.3 Å². The summed E-state index contributed by atoms with van der Waals surface area (Å²) in [7, 11) is 0. The zero-order valence-electron chi connectivity index (χ0n) is 14.9. The van der Waals surface area contributed by atoms with E-state index in [4.69, 9.17) is 9.57 Å². The molecule has 3 saturated heterocycles.